The van der Waals surface area contributed by atoms with Crippen molar-refractivity contribution in [1.82, 2.24) is 0 Å². The second-order valence-corrected chi connectivity index (χ2v) is 6.73. The third kappa shape index (κ3) is 4.68. The first-order chi connectivity index (χ1) is 9.29. The van der Waals surface area contributed by atoms with Crippen LogP contribution in [0.3, 0.4) is 0 Å². The molecule has 0 N–H and O–H groups in total. The largest absolute Gasteiger partial charge is 0.293 e. The summed E-state index contributed by atoms with van der Waals surface area (Å²) in [4.78, 5) is 12.2. The number of benzene rings is 1. The minimum atomic E-state index is 0.300. The van der Waals surface area contributed by atoms with E-state index in [4.69, 9.17) is 0 Å². The van der Waals surface area contributed by atoms with Crippen LogP contribution < -0.4 is 0 Å². The zero-order chi connectivity index (χ0) is 13.5. The van der Waals surface area contributed by atoms with Crippen LogP contribution in [0.4, 0.5) is 0 Å². The van der Waals surface area contributed by atoms with E-state index < -0.39 is 0 Å². The van der Waals surface area contributed by atoms with Crippen LogP contribution in [-0.2, 0) is 6.42 Å². The van der Waals surface area contributed by atoms with Gasteiger partial charge in [-0.05, 0) is 30.9 Å². The van der Waals surface area contributed by atoms with Gasteiger partial charge < -0.3 is 0 Å². The van der Waals surface area contributed by atoms with E-state index in [1.54, 1.807) is 0 Å². The lowest BCUT2D eigenvalue weighted by Gasteiger charge is -2.20. The van der Waals surface area contributed by atoms with Crippen LogP contribution in [-0.4, -0.2) is 16.8 Å². The van der Waals surface area contributed by atoms with Gasteiger partial charge in [0.15, 0.2) is 5.78 Å². The van der Waals surface area contributed by atoms with Crippen LogP contribution >= 0.6 is 11.8 Å². The van der Waals surface area contributed by atoms with Gasteiger partial charge in [-0.15, -0.1) is 0 Å². The van der Waals surface area contributed by atoms with Gasteiger partial charge in [0, 0.05) is 10.8 Å². The van der Waals surface area contributed by atoms with E-state index in [2.05, 4.69) is 19.1 Å². The van der Waals surface area contributed by atoms with E-state index in [-0.39, 0.29) is 0 Å². The third-order valence-corrected chi connectivity index (χ3v) is 5.16. The molecule has 1 saturated carbocycles. The number of ketones is 1. The maximum absolute atomic E-state index is 12.2. The summed E-state index contributed by atoms with van der Waals surface area (Å²) in [7, 11) is 0. The van der Waals surface area contributed by atoms with Gasteiger partial charge in [0.2, 0.25) is 0 Å². The maximum atomic E-state index is 12.2. The van der Waals surface area contributed by atoms with Crippen LogP contribution in [0.1, 0.15) is 61.4 Å². The van der Waals surface area contributed by atoms with Gasteiger partial charge >= 0.3 is 0 Å². The summed E-state index contributed by atoms with van der Waals surface area (Å²) in [6.45, 7) is 2.17. The van der Waals surface area contributed by atoms with Crippen molar-refractivity contribution in [3.8, 4) is 0 Å². The first-order valence-electron chi connectivity index (χ1n) is 7.53. The Hall–Kier alpha value is -0.760. The fourth-order valence-corrected chi connectivity index (χ4v) is 3.92. The molecule has 0 spiro atoms. The molecule has 0 unspecified atom stereocenters. The summed E-state index contributed by atoms with van der Waals surface area (Å²) in [5, 5.41) is 0.719. The molecule has 0 radical (unpaired) electrons. The quantitative estimate of drug-likeness (QED) is 0.688. The smallest absolute Gasteiger partial charge is 0.172 e. The van der Waals surface area contributed by atoms with Gasteiger partial charge in [-0.25, -0.2) is 0 Å². The lowest BCUT2D eigenvalue weighted by molar-refractivity contribution is 0.102. The Morgan fingerprint density at radius 2 is 2.05 bits per heavy atom. The number of carbonyl (C=O) groups is 1. The first kappa shape index (κ1) is 14.6. The SMILES string of the molecule is CCCc1cccc(C(=O)CSC2CCCCC2)c1. The summed E-state index contributed by atoms with van der Waals surface area (Å²) in [6, 6.07) is 8.17. The Morgan fingerprint density at radius 1 is 1.26 bits per heavy atom. The van der Waals surface area contributed by atoms with Gasteiger partial charge in [-0.3, -0.25) is 4.79 Å². The molecule has 104 valence electrons. The van der Waals surface area contributed by atoms with Crippen molar-refractivity contribution >= 4 is 17.5 Å². The molecule has 1 fully saturated rings. The molecular formula is C17H24OS. The molecule has 0 atom stereocenters. The average molecular weight is 276 g/mol. The molecule has 1 aromatic carbocycles. The second-order valence-electron chi connectivity index (χ2n) is 5.44. The molecule has 1 aromatic rings. The molecule has 1 nitrogen and oxygen atoms in total. The van der Waals surface area contributed by atoms with Crippen molar-refractivity contribution in [3.63, 3.8) is 0 Å². The topological polar surface area (TPSA) is 17.1 Å². The van der Waals surface area contributed by atoms with E-state index in [0.29, 0.717) is 11.5 Å². The number of hydrogen-bond donors (Lipinski definition) is 0. The number of carbonyl (C=O) groups excluding carboxylic acids is 1. The van der Waals surface area contributed by atoms with Crippen LogP contribution in [0.25, 0.3) is 0 Å². The Bertz CT molecular complexity index is 407. The van der Waals surface area contributed by atoms with Crippen LogP contribution in [0.15, 0.2) is 24.3 Å². The monoisotopic (exact) mass is 276 g/mol. The summed E-state index contributed by atoms with van der Waals surface area (Å²) in [6.07, 6.45) is 8.87. The molecular weight excluding hydrogens is 252 g/mol. The maximum Gasteiger partial charge on any atom is 0.172 e. The number of thioether (sulfide) groups is 1. The van der Waals surface area contributed by atoms with Crippen LogP contribution in [0.2, 0.25) is 0 Å². The fourth-order valence-electron chi connectivity index (χ4n) is 2.70. The van der Waals surface area contributed by atoms with Gasteiger partial charge in [-0.2, -0.15) is 11.8 Å². The summed E-state index contributed by atoms with van der Waals surface area (Å²) < 4.78 is 0. The van der Waals surface area contributed by atoms with E-state index in [9.17, 15) is 4.79 Å². The summed E-state index contributed by atoms with van der Waals surface area (Å²) in [5.74, 6) is 0.953. The van der Waals surface area contributed by atoms with E-state index in [1.165, 1.54) is 37.7 Å². The normalized spacial score (nSPS) is 16.5. The van der Waals surface area contributed by atoms with Gasteiger partial charge in [-0.1, -0.05) is 50.8 Å². The molecule has 2 rings (SSSR count). The Kier molecular flexibility index (Phi) is 5.96. The second kappa shape index (κ2) is 7.74. The average Bonchev–Trinajstić information content (AvgIpc) is 2.46. The van der Waals surface area contributed by atoms with Crippen molar-refractivity contribution in [2.45, 2.75) is 57.1 Å². The molecule has 0 aliphatic heterocycles. The van der Waals surface area contributed by atoms with Crippen molar-refractivity contribution < 1.29 is 4.79 Å². The zero-order valence-electron chi connectivity index (χ0n) is 11.9. The Balaban J connectivity index is 1.86. The predicted molar refractivity (Wildman–Crippen MR) is 84.1 cm³/mol. The standard InChI is InChI=1S/C17H24OS/c1-2-7-14-8-6-9-15(12-14)17(18)13-19-16-10-4-3-5-11-16/h6,8-9,12,16H,2-5,7,10-11,13H2,1H3. The number of hydrogen-bond acceptors (Lipinski definition) is 2. The van der Waals surface area contributed by atoms with Crippen LogP contribution in [0, 0.1) is 0 Å². The minimum Gasteiger partial charge on any atom is -0.293 e. The predicted octanol–water partition coefficient (Wildman–Crippen LogP) is 4.89. The molecule has 2 heteroatoms. The van der Waals surface area contributed by atoms with Gasteiger partial charge in [0.1, 0.15) is 0 Å². The highest BCUT2D eigenvalue weighted by atomic mass is 32.2. The summed E-state index contributed by atoms with van der Waals surface area (Å²) >= 11 is 1.87. The van der Waals surface area contributed by atoms with Gasteiger partial charge in [0.25, 0.3) is 0 Å². The zero-order valence-corrected chi connectivity index (χ0v) is 12.7. The lowest BCUT2D eigenvalue weighted by atomic mass is 10.0. The van der Waals surface area contributed by atoms with Crippen LogP contribution in [0.5, 0.6) is 0 Å². The molecule has 0 amide bonds. The van der Waals surface area contributed by atoms with E-state index in [0.717, 1.165) is 23.7 Å². The van der Waals surface area contributed by atoms with E-state index in [1.807, 2.05) is 23.9 Å². The highest BCUT2D eigenvalue weighted by Gasteiger charge is 2.16. The van der Waals surface area contributed by atoms with Crippen molar-refractivity contribution in [2.75, 3.05) is 5.75 Å². The molecule has 0 heterocycles. The number of Topliss-reactive ketones (excluding diaryl/α,β-unsaturated/α-hetero) is 1. The lowest BCUT2D eigenvalue weighted by Crippen LogP contribution is -2.12. The highest BCUT2D eigenvalue weighted by molar-refractivity contribution is 8.00. The van der Waals surface area contributed by atoms with Crippen molar-refractivity contribution in [1.29, 1.82) is 0 Å². The fraction of sp³-hybridized carbons (Fsp3) is 0.588. The third-order valence-electron chi connectivity index (χ3n) is 3.79. The van der Waals surface area contributed by atoms with Crippen molar-refractivity contribution in [3.05, 3.63) is 35.4 Å². The van der Waals surface area contributed by atoms with Crippen molar-refractivity contribution in [2.24, 2.45) is 0 Å². The minimum absolute atomic E-state index is 0.300. The highest BCUT2D eigenvalue weighted by Crippen LogP contribution is 2.28. The van der Waals surface area contributed by atoms with Gasteiger partial charge in [0.05, 0.1) is 5.75 Å². The molecule has 19 heavy (non-hydrogen) atoms. The Morgan fingerprint density at radius 3 is 2.79 bits per heavy atom. The molecule has 0 bridgehead atoms. The Labute approximate surface area is 121 Å². The number of rotatable bonds is 6. The molecule has 0 saturated heterocycles. The van der Waals surface area contributed by atoms with E-state index >= 15 is 0 Å². The number of aryl methyl sites for hydroxylation is 1. The molecule has 1 aliphatic rings. The molecule has 1 aliphatic carbocycles. The summed E-state index contributed by atoms with van der Waals surface area (Å²) in [5.41, 5.74) is 2.19. The molecule has 0 aromatic heterocycles. The first-order valence-corrected chi connectivity index (χ1v) is 8.58.